The summed E-state index contributed by atoms with van der Waals surface area (Å²) in [7, 11) is -2.41. The van der Waals surface area contributed by atoms with Crippen molar-refractivity contribution in [2.75, 3.05) is 13.7 Å². The van der Waals surface area contributed by atoms with Crippen LogP contribution >= 0.6 is 0 Å². The molecule has 31 heavy (non-hydrogen) atoms. The van der Waals surface area contributed by atoms with E-state index in [-0.39, 0.29) is 17.2 Å². The molecule has 0 aromatic heterocycles. The molecule has 1 atom stereocenters. The quantitative estimate of drug-likeness (QED) is 0.445. The highest BCUT2D eigenvalue weighted by molar-refractivity contribution is 7.89. The van der Waals surface area contributed by atoms with E-state index in [0.717, 1.165) is 37.8 Å². The number of unbranched alkanes of at least 4 members (excludes halogenated alkanes) is 4. The van der Waals surface area contributed by atoms with Crippen LogP contribution in [0.25, 0.3) is 0 Å². The summed E-state index contributed by atoms with van der Waals surface area (Å²) < 4.78 is 46.5. The van der Waals surface area contributed by atoms with E-state index in [1.165, 1.54) is 25.7 Å². The van der Waals surface area contributed by atoms with Gasteiger partial charge in [-0.3, -0.25) is 4.79 Å². The van der Waals surface area contributed by atoms with Gasteiger partial charge in [0.25, 0.3) is 0 Å². The standard InChI is InChI=1S/C23H31FN2O4S/c1-3-4-5-6-7-16-25-23(27)17-22(18-8-12-20(30-2)13-9-18)26-31(28,29)21-14-10-19(24)11-15-21/h8-15,22,26H,3-7,16-17H2,1-2H3,(H,25,27)/t22-/m1/s1. The first kappa shape index (κ1) is 24.8. The van der Waals surface area contributed by atoms with E-state index in [9.17, 15) is 17.6 Å². The van der Waals surface area contributed by atoms with E-state index >= 15 is 0 Å². The molecule has 0 aliphatic carbocycles. The Hall–Kier alpha value is -2.45. The van der Waals surface area contributed by atoms with Crippen LogP contribution in [0.15, 0.2) is 53.4 Å². The number of methoxy groups -OCH3 is 1. The Balaban J connectivity index is 2.09. The number of sulfonamides is 1. The molecule has 6 nitrogen and oxygen atoms in total. The van der Waals surface area contributed by atoms with E-state index in [1.54, 1.807) is 24.3 Å². The maximum atomic E-state index is 13.2. The number of amides is 1. The Kier molecular flexibility index (Phi) is 9.94. The average Bonchev–Trinajstić information content (AvgIpc) is 2.76. The maximum Gasteiger partial charge on any atom is 0.241 e. The van der Waals surface area contributed by atoms with Gasteiger partial charge in [0.05, 0.1) is 18.0 Å². The van der Waals surface area contributed by atoms with Gasteiger partial charge < -0.3 is 10.1 Å². The lowest BCUT2D eigenvalue weighted by atomic mass is 10.0. The maximum absolute atomic E-state index is 13.2. The Bertz CT molecular complexity index is 916. The molecule has 2 aromatic carbocycles. The van der Waals surface area contributed by atoms with Gasteiger partial charge in [0.15, 0.2) is 0 Å². The second-order valence-electron chi connectivity index (χ2n) is 7.37. The van der Waals surface area contributed by atoms with Crippen LogP contribution in [0, 0.1) is 5.82 Å². The predicted molar refractivity (Wildman–Crippen MR) is 119 cm³/mol. The fraction of sp³-hybridized carbons (Fsp3) is 0.435. The molecule has 0 aliphatic rings. The van der Waals surface area contributed by atoms with Crippen molar-refractivity contribution in [3.63, 3.8) is 0 Å². The molecule has 0 heterocycles. The van der Waals surface area contributed by atoms with E-state index in [2.05, 4.69) is 17.0 Å². The van der Waals surface area contributed by atoms with E-state index in [0.29, 0.717) is 17.9 Å². The first-order valence-electron chi connectivity index (χ1n) is 10.5. The molecule has 0 bridgehead atoms. The molecule has 0 spiro atoms. The number of halogens is 1. The van der Waals surface area contributed by atoms with E-state index in [4.69, 9.17) is 4.74 Å². The third kappa shape index (κ3) is 8.30. The van der Waals surface area contributed by atoms with Gasteiger partial charge >= 0.3 is 0 Å². The van der Waals surface area contributed by atoms with Crippen molar-refractivity contribution >= 4 is 15.9 Å². The molecule has 0 saturated carbocycles. The zero-order valence-corrected chi connectivity index (χ0v) is 18.9. The van der Waals surface area contributed by atoms with Gasteiger partial charge in [0, 0.05) is 13.0 Å². The van der Waals surface area contributed by atoms with Gasteiger partial charge in [-0.15, -0.1) is 0 Å². The molecule has 0 aliphatic heterocycles. The molecule has 0 unspecified atom stereocenters. The Morgan fingerprint density at radius 2 is 1.65 bits per heavy atom. The zero-order valence-electron chi connectivity index (χ0n) is 18.1. The lowest BCUT2D eigenvalue weighted by Gasteiger charge is -2.19. The number of ether oxygens (including phenoxy) is 1. The molecule has 0 saturated heterocycles. The number of carbonyl (C=O) groups excluding carboxylic acids is 1. The molecule has 8 heteroatoms. The molecular formula is C23H31FN2O4S. The normalized spacial score (nSPS) is 12.4. The lowest BCUT2D eigenvalue weighted by molar-refractivity contribution is -0.121. The molecule has 1 amide bonds. The van der Waals surface area contributed by atoms with Crippen molar-refractivity contribution in [3.8, 4) is 5.75 Å². The Morgan fingerprint density at radius 3 is 2.26 bits per heavy atom. The second kappa shape index (κ2) is 12.4. The molecular weight excluding hydrogens is 419 g/mol. The largest absolute Gasteiger partial charge is 0.497 e. The summed E-state index contributed by atoms with van der Waals surface area (Å²) >= 11 is 0. The van der Waals surface area contributed by atoms with Crippen molar-refractivity contribution < 1.29 is 22.3 Å². The number of rotatable bonds is 13. The van der Waals surface area contributed by atoms with Gasteiger partial charge in [-0.05, 0) is 48.4 Å². The van der Waals surface area contributed by atoms with Gasteiger partial charge in [-0.1, -0.05) is 44.7 Å². The minimum atomic E-state index is -3.95. The highest BCUT2D eigenvalue weighted by Crippen LogP contribution is 2.23. The third-order valence-corrected chi connectivity index (χ3v) is 6.42. The van der Waals surface area contributed by atoms with Crippen molar-refractivity contribution in [2.24, 2.45) is 0 Å². The topological polar surface area (TPSA) is 84.5 Å². The van der Waals surface area contributed by atoms with Crippen molar-refractivity contribution in [3.05, 3.63) is 59.9 Å². The monoisotopic (exact) mass is 450 g/mol. The fourth-order valence-corrected chi connectivity index (χ4v) is 4.37. The molecule has 2 aromatic rings. The van der Waals surface area contributed by atoms with Crippen molar-refractivity contribution in [1.29, 1.82) is 0 Å². The molecule has 2 rings (SSSR count). The summed E-state index contributed by atoms with van der Waals surface area (Å²) in [4.78, 5) is 12.4. The van der Waals surface area contributed by atoms with Crippen LogP contribution in [-0.2, 0) is 14.8 Å². The van der Waals surface area contributed by atoms with Crippen LogP contribution < -0.4 is 14.8 Å². The summed E-state index contributed by atoms with van der Waals surface area (Å²) in [6, 6.07) is 10.6. The summed E-state index contributed by atoms with van der Waals surface area (Å²) in [6.07, 6.45) is 5.36. The highest BCUT2D eigenvalue weighted by Gasteiger charge is 2.24. The number of carbonyl (C=O) groups is 1. The Labute approximate surface area is 184 Å². The van der Waals surface area contributed by atoms with E-state index in [1.807, 2.05) is 0 Å². The van der Waals surface area contributed by atoms with Crippen LogP contribution in [0.1, 0.15) is 57.1 Å². The molecule has 170 valence electrons. The first-order valence-corrected chi connectivity index (χ1v) is 12.0. The smallest absolute Gasteiger partial charge is 0.241 e. The van der Waals surface area contributed by atoms with Gasteiger partial charge in [0.2, 0.25) is 15.9 Å². The van der Waals surface area contributed by atoms with Crippen LogP contribution in [0.5, 0.6) is 5.75 Å². The molecule has 0 fully saturated rings. The summed E-state index contributed by atoms with van der Waals surface area (Å²) in [5.74, 6) is -0.137. The summed E-state index contributed by atoms with van der Waals surface area (Å²) in [5.41, 5.74) is 0.629. The zero-order chi connectivity index (χ0) is 22.7. The van der Waals surface area contributed by atoms with Crippen LogP contribution in [0.3, 0.4) is 0 Å². The minimum absolute atomic E-state index is 0.0539. The van der Waals surface area contributed by atoms with Crippen LogP contribution in [0.4, 0.5) is 4.39 Å². The Morgan fingerprint density at radius 1 is 1.00 bits per heavy atom. The highest BCUT2D eigenvalue weighted by atomic mass is 32.2. The van der Waals surface area contributed by atoms with Crippen LogP contribution in [0.2, 0.25) is 0 Å². The molecule has 2 N–H and O–H groups in total. The van der Waals surface area contributed by atoms with Crippen molar-refractivity contribution in [2.45, 2.75) is 56.4 Å². The van der Waals surface area contributed by atoms with Gasteiger partial charge in [-0.2, -0.15) is 0 Å². The number of hydrogen-bond donors (Lipinski definition) is 2. The number of nitrogens with one attached hydrogen (secondary N) is 2. The van der Waals surface area contributed by atoms with Gasteiger partial charge in [-0.25, -0.2) is 17.5 Å². The number of hydrogen-bond acceptors (Lipinski definition) is 4. The minimum Gasteiger partial charge on any atom is -0.497 e. The van der Waals surface area contributed by atoms with E-state index < -0.39 is 21.9 Å². The SMILES string of the molecule is CCCCCCCNC(=O)C[C@@H](NS(=O)(=O)c1ccc(F)cc1)c1ccc(OC)cc1. The lowest BCUT2D eigenvalue weighted by Crippen LogP contribution is -2.34. The fourth-order valence-electron chi connectivity index (χ4n) is 3.15. The van der Waals surface area contributed by atoms with Crippen molar-refractivity contribution in [1.82, 2.24) is 10.0 Å². The summed E-state index contributed by atoms with van der Waals surface area (Å²) in [6.45, 7) is 2.71. The first-order chi connectivity index (χ1) is 14.9. The summed E-state index contributed by atoms with van der Waals surface area (Å²) in [5, 5.41) is 2.87. The second-order valence-corrected chi connectivity index (χ2v) is 9.08. The third-order valence-electron chi connectivity index (χ3n) is 4.93. The molecule has 0 radical (unpaired) electrons. The van der Waals surface area contributed by atoms with Gasteiger partial charge in [0.1, 0.15) is 11.6 Å². The van der Waals surface area contributed by atoms with Crippen LogP contribution in [-0.4, -0.2) is 28.0 Å². The number of benzene rings is 2. The average molecular weight is 451 g/mol. The predicted octanol–water partition coefficient (Wildman–Crippen LogP) is 4.33.